The molecule has 0 saturated heterocycles. The third kappa shape index (κ3) is 2.55. The average molecular weight is 284 g/mol. The standard InChI is InChI=1S/C17H17FN2O/c18-14-6-3-5-13(10-14)17(16(21)11-19)20-9-8-12-4-1-2-7-15(12)20/h1-10,16-17,21H,11,19H2. The molecule has 21 heavy (non-hydrogen) atoms. The van der Waals surface area contributed by atoms with E-state index in [4.69, 9.17) is 5.73 Å². The second-order valence-electron chi connectivity index (χ2n) is 5.08. The summed E-state index contributed by atoms with van der Waals surface area (Å²) >= 11 is 0. The summed E-state index contributed by atoms with van der Waals surface area (Å²) < 4.78 is 15.5. The molecular weight excluding hydrogens is 267 g/mol. The average Bonchev–Trinajstić information content (AvgIpc) is 2.91. The van der Waals surface area contributed by atoms with Crippen molar-refractivity contribution >= 4 is 10.9 Å². The minimum Gasteiger partial charge on any atom is -0.389 e. The molecule has 3 aromatic rings. The fourth-order valence-corrected chi connectivity index (χ4v) is 2.73. The Morgan fingerprint density at radius 2 is 1.90 bits per heavy atom. The lowest BCUT2D eigenvalue weighted by molar-refractivity contribution is 0.139. The summed E-state index contributed by atoms with van der Waals surface area (Å²) in [7, 11) is 0. The van der Waals surface area contributed by atoms with Crippen LogP contribution in [0.25, 0.3) is 10.9 Å². The molecule has 0 fully saturated rings. The highest BCUT2D eigenvalue weighted by Crippen LogP contribution is 2.28. The summed E-state index contributed by atoms with van der Waals surface area (Å²) in [5.74, 6) is -0.321. The quantitative estimate of drug-likeness (QED) is 0.774. The molecule has 1 heterocycles. The smallest absolute Gasteiger partial charge is 0.123 e. The Labute approximate surface area is 122 Å². The van der Waals surface area contributed by atoms with Crippen molar-refractivity contribution in [3.63, 3.8) is 0 Å². The largest absolute Gasteiger partial charge is 0.389 e. The molecule has 0 amide bonds. The highest BCUT2D eigenvalue weighted by atomic mass is 19.1. The predicted molar refractivity (Wildman–Crippen MR) is 81.5 cm³/mol. The number of aliphatic hydroxyl groups is 1. The van der Waals surface area contributed by atoms with Gasteiger partial charge in [0.25, 0.3) is 0 Å². The van der Waals surface area contributed by atoms with Crippen molar-refractivity contribution in [1.29, 1.82) is 0 Å². The molecule has 108 valence electrons. The number of halogens is 1. The van der Waals surface area contributed by atoms with Crippen molar-refractivity contribution in [2.24, 2.45) is 5.73 Å². The maximum Gasteiger partial charge on any atom is 0.123 e. The lowest BCUT2D eigenvalue weighted by Crippen LogP contribution is -2.31. The van der Waals surface area contributed by atoms with Crippen LogP contribution in [-0.4, -0.2) is 22.3 Å². The summed E-state index contributed by atoms with van der Waals surface area (Å²) in [5.41, 5.74) is 7.33. The number of rotatable bonds is 4. The van der Waals surface area contributed by atoms with E-state index in [0.29, 0.717) is 5.56 Å². The zero-order valence-corrected chi connectivity index (χ0v) is 11.5. The van der Waals surface area contributed by atoms with Crippen molar-refractivity contribution in [3.8, 4) is 0 Å². The molecule has 0 aliphatic heterocycles. The van der Waals surface area contributed by atoms with Crippen LogP contribution in [-0.2, 0) is 0 Å². The van der Waals surface area contributed by atoms with Gasteiger partial charge < -0.3 is 15.4 Å². The molecule has 3 N–H and O–H groups in total. The van der Waals surface area contributed by atoms with Gasteiger partial charge in [-0.3, -0.25) is 0 Å². The molecular formula is C17H17FN2O. The number of para-hydroxylation sites is 1. The van der Waals surface area contributed by atoms with Crippen LogP contribution in [0.15, 0.2) is 60.8 Å². The first kappa shape index (κ1) is 13.8. The lowest BCUT2D eigenvalue weighted by Gasteiger charge is -2.25. The molecule has 0 aliphatic rings. The van der Waals surface area contributed by atoms with E-state index in [0.717, 1.165) is 10.9 Å². The lowest BCUT2D eigenvalue weighted by atomic mass is 10.0. The topological polar surface area (TPSA) is 51.2 Å². The fraction of sp³-hybridized carbons (Fsp3) is 0.176. The number of hydrogen-bond acceptors (Lipinski definition) is 2. The molecule has 0 spiro atoms. The van der Waals surface area contributed by atoms with Crippen molar-refractivity contribution < 1.29 is 9.50 Å². The van der Waals surface area contributed by atoms with E-state index in [2.05, 4.69) is 0 Å². The Hall–Kier alpha value is -2.17. The number of nitrogens with zero attached hydrogens (tertiary/aromatic N) is 1. The van der Waals surface area contributed by atoms with Crippen LogP contribution in [0.4, 0.5) is 4.39 Å². The van der Waals surface area contributed by atoms with E-state index in [1.165, 1.54) is 12.1 Å². The number of aliphatic hydroxyl groups excluding tert-OH is 1. The van der Waals surface area contributed by atoms with Gasteiger partial charge >= 0.3 is 0 Å². The third-order valence-corrected chi connectivity index (χ3v) is 3.73. The first-order chi connectivity index (χ1) is 10.2. The first-order valence-electron chi connectivity index (χ1n) is 6.90. The molecule has 2 atom stereocenters. The Morgan fingerprint density at radius 1 is 1.10 bits per heavy atom. The monoisotopic (exact) mass is 284 g/mol. The molecule has 0 bridgehead atoms. The molecule has 2 aromatic carbocycles. The van der Waals surface area contributed by atoms with Gasteiger partial charge in [0.2, 0.25) is 0 Å². The second-order valence-corrected chi connectivity index (χ2v) is 5.08. The summed E-state index contributed by atoms with van der Waals surface area (Å²) in [6.45, 7) is 0.105. The van der Waals surface area contributed by atoms with Gasteiger partial charge in [-0.05, 0) is 35.2 Å². The normalized spacial score (nSPS) is 14.2. The van der Waals surface area contributed by atoms with Gasteiger partial charge in [0.15, 0.2) is 0 Å². The van der Waals surface area contributed by atoms with Crippen molar-refractivity contribution in [2.75, 3.05) is 6.54 Å². The molecule has 3 nitrogen and oxygen atoms in total. The number of benzene rings is 2. The summed E-state index contributed by atoms with van der Waals surface area (Å²) in [4.78, 5) is 0. The first-order valence-corrected chi connectivity index (χ1v) is 6.90. The van der Waals surface area contributed by atoms with Gasteiger partial charge in [-0.25, -0.2) is 4.39 Å². The van der Waals surface area contributed by atoms with Gasteiger partial charge in [-0.2, -0.15) is 0 Å². The summed E-state index contributed by atoms with van der Waals surface area (Å²) in [6.07, 6.45) is 1.11. The zero-order chi connectivity index (χ0) is 14.8. The van der Waals surface area contributed by atoms with E-state index >= 15 is 0 Å². The molecule has 2 unspecified atom stereocenters. The minimum atomic E-state index is -0.789. The van der Waals surface area contributed by atoms with Crippen LogP contribution >= 0.6 is 0 Å². The Kier molecular flexibility index (Phi) is 3.73. The zero-order valence-electron chi connectivity index (χ0n) is 11.5. The van der Waals surface area contributed by atoms with Crippen LogP contribution in [0.5, 0.6) is 0 Å². The van der Waals surface area contributed by atoms with Gasteiger partial charge in [-0.15, -0.1) is 0 Å². The van der Waals surface area contributed by atoms with Crippen molar-refractivity contribution in [2.45, 2.75) is 12.1 Å². The van der Waals surface area contributed by atoms with E-state index < -0.39 is 12.1 Å². The summed E-state index contributed by atoms with van der Waals surface area (Å²) in [6, 6.07) is 15.7. The van der Waals surface area contributed by atoms with Crippen LogP contribution in [0.3, 0.4) is 0 Å². The SMILES string of the molecule is NCC(O)C(c1cccc(F)c1)n1ccc2ccccc21. The van der Waals surface area contributed by atoms with Gasteiger partial charge in [0.1, 0.15) is 5.82 Å². The highest BCUT2D eigenvalue weighted by molar-refractivity contribution is 5.80. The van der Waals surface area contributed by atoms with Crippen molar-refractivity contribution in [3.05, 3.63) is 72.2 Å². The van der Waals surface area contributed by atoms with Crippen LogP contribution < -0.4 is 5.73 Å². The minimum absolute atomic E-state index is 0.105. The number of nitrogens with two attached hydrogens (primary N) is 1. The predicted octanol–water partition coefficient (Wildman–Crippen LogP) is 2.69. The second kappa shape index (κ2) is 5.68. The molecule has 0 radical (unpaired) electrons. The third-order valence-electron chi connectivity index (χ3n) is 3.73. The maximum atomic E-state index is 13.5. The maximum absolute atomic E-state index is 13.5. The highest BCUT2D eigenvalue weighted by Gasteiger charge is 2.23. The fourth-order valence-electron chi connectivity index (χ4n) is 2.73. The molecule has 0 aliphatic carbocycles. The molecule has 3 rings (SSSR count). The summed E-state index contributed by atoms with van der Waals surface area (Å²) in [5, 5.41) is 11.4. The van der Waals surface area contributed by atoms with Crippen LogP contribution in [0.1, 0.15) is 11.6 Å². The van der Waals surface area contributed by atoms with Gasteiger partial charge in [0.05, 0.1) is 12.1 Å². The van der Waals surface area contributed by atoms with E-state index in [1.54, 1.807) is 12.1 Å². The van der Waals surface area contributed by atoms with E-state index in [1.807, 2.05) is 41.1 Å². The van der Waals surface area contributed by atoms with Crippen LogP contribution in [0, 0.1) is 5.82 Å². The Balaban J connectivity index is 2.16. The van der Waals surface area contributed by atoms with Crippen LogP contribution in [0.2, 0.25) is 0 Å². The Bertz CT molecular complexity index is 753. The van der Waals surface area contributed by atoms with E-state index in [-0.39, 0.29) is 12.4 Å². The number of fused-ring (bicyclic) bond motifs is 1. The van der Waals surface area contributed by atoms with E-state index in [9.17, 15) is 9.50 Å². The molecule has 1 aromatic heterocycles. The molecule has 4 heteroatoms. The van der Waals surface area contributed by atoms with Gasteiger partial charge in [0, 0.05) is 18.3 Å². The molecule has 0 saturated carbocycles. The number of hydrogen-bond donors (Lipinski definition) is 2. The van der Waals surface area contributed by atoms with Gasteiger partial charge in [-0.1, -0.05) is 30.3 Å². The number of aromatic nitrogens is 1. The van der Waals surface area contributed by atoms with Crippen molar-refractivity contribution in [1.82, 2.24) is 4.57 Å². The Morgan fingerprint density at radius 3 is 2.67 bits per heavy atom.